The molecule has 0 saturated heterocycles. The lowest BCUT2D eigenvalue weighted by Crippen LogP contribution is -2.22. The summed E-state index contributed by atoms with van der Waals surface area (Å²) in [7, 11) is 0. The quantitative estimate of drug-likeness (QED) is 0.395. The highest BCUT2D eigenvalue weighted by Gasteiger charge is 2.19. The van der Waals surface area contributed by atoms with Crippen LogP contribution in [-0.2, 0) is 9.59 Å². The number of para-hydroxylation sites is 1. The second-order valence-corrected chi connectivity index (χ2v) is 7.67. The van der Waals surface area contributed by atoms with Gasteiger partial charge in [0.05, 0.1) is 22.1 Å². The van der Waals surface area contributed by atoms with Gasteiger partial charge in [-0.3, -0.25) is 14.5 Å². The molecule has 0 fully saturated rings. The number of nitrogens with zero attached hydrogens (tertiary/aromatic N) is 3. The van der Waals surface area contributed by atoms with Crippen LogP contribution in [0.4, 0.5) is 16.5 Å². The van der Waals surface area contributed by atoms with E-state index in [0.717, 1.165) is 0 Å². The third-order valence-corrected chi connectivity index (χ3v) is 5.27. The average Bonchev–Trinajstić information content (AvgIpc) is 3.15. The number of anilines is 3. The predicted octanol–water partition coefficient (Wildman–Crippen LogP) is 5.68. The molecule has 0 spiro atoms. The number of carbonyl (C=O) groups excluding carboxylic acids is 2. The minimum Gasteiger partial charge on any atom is -0.320 e. The molecule has 9 heteroatoms. The number of nitriles is 1. The Labute approximate surface area is 187 Å². The fraction of sp³-hybridized carbons (Fsp3) is 0.0476. The number of nitrogens with one attached hydrogen (secondary N) is 1. The van der Waals surface area contributed by atoms with Crippen LogP contribution >= 0.6 is 34.5 Å². The van der Waals surface area contributed by atoms with Crippen molar-refractivity contribution in [2.45, 2.75) is 6.92 Å². The van der Waals surface area contributed by atoms with Crippen molar-refractivity contribution in [2.24, 2.45) is 0 Å². The van der Waals surface area contributed by atoms with Crippen molar-refractivity contribution < 1.29 is 9.59 Å². The summed E-state index contributed by atoms with van der Waals surface area (Å²) in [6.45, 7) is 1.41. The lowest BCUT2D eigenvalue weighted by Gasteiger charge is -2.18. The normalized spacial score (nSPS) is 10.9. The lowest BCUT2D eigenvalue weighted by molar-refractivity contribution is -0.116. The summed E-state index contributed by atoms with van der Waals surface area (Å²) in [5, 5.41) is 14.9. The van der Waals surface area contributed by atoms with Crippen molar-refractivity contribution in [3.05, 3.63) is 75.2 Å². The molecule has 0 aliphatic heterocycles. The third kappa shape index (κ3) is 5.05. The second-order valence-electron chi connectivity index (χ2n) is 5.99. The molecule has 0 atom stereocenters. The molecule has 0 saturated carbocycles. The largest absolute Gasteiger partial charge is 0.320 e. The molecular formula is C21H14Cl2N4O2S. The first-order valence-electron chi connectivity index (χ1n) is 8.58. The number of rotatable bonds is 5. The Morgan fingerprint density at radius 3 is 2.63 bits per heavy atom. The SMILES string of the molecule is CC(=O)N(c1cccc(Cl)c1)c1nc(/C=C(\C#N)C(=O)Nc2ccccc2Cl)cs1. The summed E-state index contributed by atoms with van der Waals surface area (Å²) >= 11 is 13.3. The summed E-state index contributed by atoms with van der Waals surface area (Å²) in [4.78, 5) is 30.4. The van der Waals surface area contributed by atoms with Gasteiger partial charge in [-0.1, -0.05) is 41.4 Å². The van der Waals surface area contributed by atoms with Crippen LogP contribution in [0.25, 0.3) is 6.08 Å². The Balaban J connectivity index is 1.87. The third-order valence-electron chi connectivity index (χ3n) is 3.86. The standard InChI is InChI=1S/C21H14Cl2N4O2S/c1-13(28)27(17-6-4-5-15(22)10-17)21-25-16(12-30-21)9-14(11-24)20(29)26-19-8-3-2-7-18(19)23/h2-10,12H,1H3,(H,26,29)/b14-9+. The topological polar surface area (TPSA) is 86.1 Å². The number of aromatic nitrogens is 1. The summed E-state index contributed by atoms with van der Waals surface area (Å²) in [6, 6.07) is 15.4. The molecule has 0 aliphatic rings. The highest BCUT2D eigenvalue weighted by molar-refractivity contribution is 7.14. The van der Waals surface area contributed by atoms with Crippen molar-refractivity contribution in [1.29, 1.82) is 5.26 Å². The molecule has 2 amide bonds. The van der Waals surface area contributed by atoms with Crippen molar-refractivity contribution in [3.63, 3.8) is 0 Å². The molecule has 1 N–H and O–H groups in total. The van der Waals surface area contributed by atoms with E-state index < -0.39 is 5.91 Å². The number of amides is 2. The van der Waals surface area contributed by atoms with E-state index in [1.807, 2.05) is 6.07 Å². The van der Waals surface area contributed by atoms with Crippen LogP contribution in [0.2, 0.25) is 10.0 Å². The molecule has 6 nitrogen and oxygen atoms in total. The maximum Gasteiger partial charge on any atom is 0.266 e. The number of hydrogen-bond acceptors (Lipinski definition) is 5. The lowest BCUT2D eigenvalue weighted by atomic mass is 10.2. The smallest absolute Gasteiger partial charge is 0.266 e. The summed E-state index contributed by atoms with van der Waals surface area (Å²) < 4.78 is 0. The number of hydrogen-bond donors (Lipinski definition) is 1. The van der Waals surface area contributed by atoms with Crippen LogP contribution in [0.15, 0.2) is 59.5 Å². The molecule has 0 unspecified atom stereocenters. The molecular weight excluding hydrogens is 443 g/mol. The van der Waals surface area contributed by atoms with Gasteiger partial charge in [-0.2, -0.15) is 5.26 Å². The minimum absolute atomic E-state index is 0.149. The molecule has 30 heavy (non-hydrogen) atoms. The van der Waals surface area contributed by atoms with E-state index in [0.29, 0.717) is 32.2 Å². The maximum absolute atomic E-state index is 12.4. The van der Waals surface area contributed by atoms with Gasteiger partial charge in [-0.25, -0.2) is 4.98 Å². The molecule has 1 heterocycles. The van der Waals surface area contributed by atoms with Crippen LogP contribution in [0.5, 0.6) is 0 Å². The van der Waals surface area contributed by atoms with Gasteiger partial charge >= 0.3 is 0 Å². The van der Waals surface area contributed by atoms with Crippen LogP contribution in [0.3, 0.4) is 0 Å². The zero-order valence-electron chi connectivity index (χ0n) is 15.6. The van der Waals surface area contributed by atoms with Gasteiger partial charge in [0.25, 0.3) is 5.91 Å². The van der Waals surface area contributed by atoms with Crippen molar-refractivity contribution in [3.8, 4) is 6.07 Å². The van der Waals surface area contributed by atoms with E-state index in [1.54, 1.807) is 53.9 Å². The number of thiazole rings is 1. The Hall–Kier alpha value is -3.18. The maximum atomic E-state index is 12.4. The molecule has 2 aromatic carbocycles. The fourth-order valence-corrected chi connectivity index (χ4v) is 3.75. The number of halogens is 2. The number of benzene rings is 2. The summed E-state index contributed by atoms with van der Waals surface area (Å²) in [5.74, 6) is -0.863. The van der Waals surface area contributed by atoms with Gasteiger partial charge < -0.3 is 5.32 Å². The van der Waals surface area contributed by atoms with E-state index in [9.17, 15) is 14.9 Å². The fourth-order valence-electron chi connectivity index (χ4n) is 2.54. The Bertz CT molecular complexity index is 1180. The van der Waals surface area contributed by atoms with Crippen molar-refractivity contribution in [2.75, 3.05) is 10.2 Å². The first-order valence-corrected chi connectivity index (χ1v) is 10.2. The van der Waals surface area contributed by atoms with E-state index >= 15 is 0 Å². The van der Waals surface area contributed by atoms with Gasteiger partial charge in [-0.15, -0.1) is 11.3 Å². The monoisotopic (exact) mass is 456 g/mol. The van der Waals surface area contributed by atoms with E-state index in [2.05, 4.69) is 10.3 Å². The zero-order chi connectivity index (χ0) is 21.7. The van der Waals surface area contributed by atoms with Gasteiger partial charge in [0.15, 0.2) is 5.13 Å². The number of carbonyl (C=O) groups is 2. The zero-order valence-corrected chi connectivity index (χ0v) is 17.9. The van der Waals surface area contributed by atoms with Gasteiger partial charge in [0, 0.05) is 17.3 Å². The molecule has 3 aromatic rings. The predicted molar refractivity (Wildman–Crippen MR) is 120 cm³/mol. The van der Waals surface area contributed by atoms with Gasteiger partial charge in [-0.05, 0) is 36.4 Å². The molecule has 3 rings (SSSR count). The van der Waals surface area contributed by atoms with Crippen LogP contribution < -0.4 is 10.2 Å². The highest BCUT2D eigenvalue weighted by Crippen LogP contribution is 2.31. The van der Waals surface area contributed by atoms with Crippen molar-refractivity contribution >= 4 is 68.9 Å². The van der Waals surface area contributed by atoms with E-state index in [1.165, 1.54) is 29.2 Å². The molecule has 1 aromatic heterocycles. The van der Waals surface area contributed by atoms with Crippen molar-refractivity contribution in [1.82, 2.24) is 4.98 Å². The first kappa shape index (κ1) is 21.5. The molecule has 0 radical (unpaired) electrons. The molecule has 0 bridgehead atoms. The highest BCUT2D eigenvalue weighted by atomic mass is 35.5. The Morgan fingerprint density at radius 2 is 1.97 bits per heavy atom. The molecule has 0 aliphatic carbocycles. The van der Waals surface area contributed by atoms with E-state index in [4.69, 9.17) is 23.2 Å². The Kier molecular flexibility index (Phi) is 6.85. The minimum atomic E-state index is -0.613. The summed E-state index contributed by atoms with van der Waals surface area (Å²) in [5.41, 5.74) is 1.18. The van der Waals surface area contributed by atoms with Crippen LogP contribution in [0, 0.1) is 11.3 Å². The van der Waals surface area contributed by atoms with Gasteiger partial charge in [0.1, 0.15) is 11.6 Å². The first-order chi connectivity index (χ1) is 14.4. The van der Waals surface area contributed by atoms with Crippen LogP contribution in [0.1, 0.15) is 12.6 Å². The second kappa shape index (κ2) is 9.55. The Morgan fingerprint density at radius 1 is 1.20 bits per heavy atom. The average molecular weight is 457 g/mol. The van der Waals surface area contributed by atoms with Gasteiger partial charge in [0.2, 0.25) is 5.91 Å². The molecule has 150 valence electrons. The van der Waals surface area contributed by atoms with E-state index in [-0.39, 0.29) is 11.5 Å². The van der Waals surface area contributed by atoms with Crippen LogP contribution in [-0.4, -0.2) is 16.8 Å². The summed E-state index contributed by atoms with van der Waals surface area (Å²) in [6.07, 6.45) is 1.35.